The minimum Gasteiger partial charge on any atom is -1.00 e. The zero-order valence-corrected chi connectivity index (χ0v) is 22.3. The van der Waals surface area contributed by atoms with Gasteiger partial charge in [-0.25, -0.2) is 0 Å². The predicted octanol–water partition coefficient (Wildman–Crippen LogP) is 0.353. The molecule has 1 saturated heterocycles. The van der Waals surface area contributed by atoms with E-state index in [0.29, 0.717) is 5.41 Å². The Morgan fingerprint density at radius 3 is 2.00 bits per heavy atom. The summed E-state index contributed by atoms with van der Waals surface area (Å²) in [7, 11) is -1.03. The Labute approximate surface area is 173 Å². The van der Waals surface area contributed by atoms with Gasteiger partial charge in [0, 0.05) is 0 Å². The Bertz CT molecular complexity index is 661. The number of hydrogen-bond acceptors (Lipinski definition) is 0. The van der Waals surface area contributed by atoms with Crippen LogP contribution in [0.5, 0.6) is 0 Å². The SMILES string of the molecule is CC1=[C]([Hf+2][C]2=C(C)C(C)=C(C)C2(C)C)C([Si]2(C)CCC2)=CC1.[Cl-].[Cl-]. The number of allylic oxidation sites excluding steroid dienone is 8. The average Bonchev–Trinajstić information content (AvgIpc) is 2.86. The first kappa shape index (κ1) is 22.7. The van der Waals surface area contributed by atoms with Crippen molar-refractivity contribution in [2.45, 2.75) is 73.0 Å². The maximum Gasteiger partial charge on any atom is -1.00 e. The Balaban J connectivity index is 0.00000144. The fraction of sp³-hybridized carbons (Fsp3) is 0.600. The van der Waals surface area contributed by atoms with Crippen LogP contribution in [0.15, 0.2) is 40.2 Å². The molecule has 0 aromatic carbocycles. The Hall–Kier alpha value is 0.627. The molecular formula is C20H30Cl2HfSi. The molecule has 24 heavy (non-hydrogen) atoms. The van der Waals surface area contributed by atoms with E-state index in [4.69, 9.17) is 0 Å². The van der Waals surface area contributed by atoms with Crippen LogP contribution < -0.4 is 24.8 Å². The van der Waals surface area contributed by atoms with Gasteiger partial charge in [-0.2, -0.15) is 0 Å². The zero-order valence-electron chi connectivity index (χ0n) is 16.2. The van der Waals surface area contributed by atoms with Crippen LogP contribution in [0.2, 0.25) is 18.6 Å². The van der Waals surface area contributed by atoms with Gasteiger partial charge in [-0.1, -0.05) is 0 Å². The summed E-state index contributed by atoms with van der Waals surface area (Å²) in [5.74, 6) is 0. The summed E-state index contributed by atoms with van der Waals surface area (Å²) in [5.41, 5.74) is 6.93. The summed E-state index contributed by atoms with van der Waals surface area (Å²) in [6.45, 7) is 17.1. The van der Waals surface area contributed by atoms with E-state index in [-0.39, 0.29) is 24.8 Å². The maximum atomic E-state index is 2.65. The molecule has 0 aromatic heterocycles. The quantitative estimate of drug-likeness (QED) is 0.448. The first-order valence-corrected chi connectivity index (χ1v) is 15.3. The molecule has 0 aromatic rings. The van der Waals surface area contributed by atoms with Gasteiger partial charge in [-0.15, -0.1) is 0 Å². The molecule has 0 unspecified atom stereocenters. The smallest absolute Gasteiger partial charge is 1.00 e. The molecule has 3 aliphatic rings. The molecule has 4 heteroatoms. The van der Waals surface area contributed by atoms with Crippen molar-refractivity contribution in [1.82, 2.24) is 0 Å². The molecule has 0 saturated carbocycles. The first-order chi connectivity index (χ1) is 10.2. The number of rotatable bonds is 3. The maximum absolute atomic E-state index is 2.65. The molecule has 0 nitrogen and oxygen atoms in total. The molecule has 0 amide bonds. The third kappa shape index (κ3) is 3.42. The Morgan fingerprint density at radius 2 is 1.58 bits per heavy atom. The Kier molecular flexibility index (Phi) is 7.28. The summed E-state index contributed by atoms with van der Waals surface area (Å²) in [5, 5.41) is 1.91. The van der Waals surface area contributed by atoms with Crippen molar-refractivity contribution < 1.29 is 47.7 Å². The first-order valence-electron chi connectivity index (χ1n) is 8.76. The van der Waals surface area contributed by atoms with Crippen LogP contribution in [0.4, 0.5) is 0 Å². The third-order valence-electron chi connectivity index (χ3n) is 6.73. The largest absolute Gasteiger partial charge is 1.00 e. The van der Waals surface area contributed by atoms with Gasteiger partial charge < -0.3 is 24.8 Å². The van der Waals surface area contributed by atoms with E-state index in [1.165, 1.54) is 12.8 Å². The molecule has 1 fully saturated rings. The fourth-order valence-corrected chi connectivity index (χ4v) is 17.5. The standard InChI is InChI=1S/C10H15Si.C10H15.2ClH.Hf/c1-9-4-5-10(8-9)11(2)6-3-7-11;1-7-6-10(4,5)9(3)8(7)2;;;/h5H,3-4,6-7H2,1-2H3;1-5H3;2*1H;/q;;;;+2/p-2. The topological polar surface area (TPSA) is 0 Å². The van der Waals surface area contributed by atoms with Crippen molar-refractivity contribution >= 4 is 8.07 Å². The molecule has 0 atom stereocenters. The van der Waals surface area contributed by atoms with Crippen molar-refractivity contribution in [3.05, 3.63) is 40.2 Å². The Morgan fingerprint density at radius 1 is 1.00 bits per heavy atom. The van der Waals surface area contributed by atoms with E-state index in [2.05, 4.69) is 54.2 Å². The normalized spacial score (nSPS) is 24.2. The van der Waals surface area contributed by atoms with E-state index < -0.39 is 31.0 Å². The zero-order chi connectivity index (χ0) is 16.3. The van der Waals surface area contributed by atoms with Crippen molar-refractivity contribution in [1.29, 1.82) is 0 Å². The van der Waals surface area contributed by atoms with Gasteiger partial charge >= 0.3 is 150 Å². The van der Waals surface area contributed by atoms with Gasteiger partial charge in [-0.05, 0) is 0 Å². The molecule has 132 valence electrons. The molecule has 1 aliphatic heterocycles. The van der Waals surface area contributed by atoms with E-state index >= 15 is 0 Å². The minimum absolute atomic E-state index is 0. The van der Waals surface area contributed by atoms with E-state index in [0.717, 1.165) is 0 Å². The van der Waals surface area contributed by atoms with Crippen LogP contribution in [0.25, 0.3) is 0 Å². The van der Waals surface area contributed by atoms with Crippen LogP contribution in [-0.4, -0.2) is 8.07 Å². The van der Waals surface area contributed by atoms with Crippen molar-refractivity contribution in [2.24, 2.45) is 5.41 Å². The van der Waals surface area contributed by atoms with E-state index in [9.17, 15) is 0 Å². The molecule has 0 N–H and O–H groups in total. The van der Waals surface area contributed by atoms with Gasteiger partial charge in [-0.3, -0.25) is 0 Å². The second-order valence-electron chi connectivity index (χ2n) is 8.39. The van der Waals surface area contributed by atoms with Crippen LogP contribution in [0.1, 0.15) is 54.4 Å². The van der Waals surface area contributed by atoms with Crippen LogP contribution in [0, 0.1) is 5.41 Å². The summed E-state index contributed by atoms with van der Waals surface area (Å²) in [6.07, 6.45) is 5.40. The molecule has 0 spiro atoms. The average molecular weight is 548 g/mol. The van der Waals surface area contributed by atoms with Crippen LogP contribution in [-0.2, 0) is 22.9 Å². The van der Waals surface area contributed by atoms with Gasteiger partial charge in [0.15, 0.2) is 0 Å². The molecule has 0 bridgehead atoms. The van der Waals surface area contributed by atoms with Gasteiger partial charge in [0.05, 0.1) is 0 Å². The van der Waals surface area contributed by atoms with Crippen molar-refractivity contribution in [2.75, 3.05) is 0 Å². The second kappa shape index (κ2) is 7.70. The fourth-order valence-electron chi connectivity index (χ4n) is 4.36. The summed E-state index contributed by atoms with van der Waals surface area (Å²) < 4.78 is 3.81. The number of halogens is 2. The summed E-state index contributed by atoms with van der Waals surface area (Å²) in [4.78, 5) is 0. The molecule has 0 radical (unpaired) electrons. The molecular weight excluding hydrogens is 518 g/mol. The van der Waals surface area contributed by atoms with E-state index in [1.54, 1.807) is 34.4 Å². The van der Waals surface area contributed by atoms with Crippen LogP contribution >= 0.6 is 0 Å². The number of hydrogen-bond donors (Lipinski definition) is 0. The van der Waals surface area contributed by atoms with Gasteiger partial charge in [0.2, 0.25) is 0 Å². The summed E-state index contributed by atoms with van der Waals surface area (Å²) in [6, 6.07) is 3.10. The van der Waals surface area contributed by atoms with Gasteiger partial charge in [0.25, 0.3) is 0 Å². The minimum atomic E-state index is -1.03. The third-order valence-corrected chi connectivity index (χ3v) is 20.2. The molecule has 2 aliphatic carbocycles. The molecule has 1 heterocycles. The van der Waals surface area contributed by atoms with Crippen molar-refractivity contribution in [3.63, 3.8) is 0 Å². The predicted molar refractivity (Wildman–Crippen MR) is 96.1 cm³/mol. The second-order valence-corrected chi connectivity index (χ2v) is 17.5. The van der Waals surface area contributed by atoms with Crippen molar-refractivity contribution in [3.8, 4) is 0 Å². The summed E-state index contributed by atoms with van der Waals surface area (Å²) >= 11 is -0.925. The van der Waals surface area contributed by atoms with Gasteiger partial charge in [0.1, 0.15) is 0 Å². The van der Waals surface area contributed by atoms with Crippen LogP contribution in [0.3, 0.4) is 0 Å². The monoisotopic (exact) mass is 548 g/mol. The van der Waals surface area contributed by atoms with E-state index in [1.807, 2.05) is 11.9 Å². The molecule has 3 rings (SSSR count).